The SMILES string of the molecule is Cc1c(C)c(-c2ccc([NH2+]CC3CC3)c(F)c2)c(O)c(C)c1-c1ccc(CCC2CC2)nc1. The second-order valence-corrected chi connectivity index (χ2v) is 10.1. The molecule has 3 nitrogen and oxygen atoms in total. The highest BCUT2D eigenvalue weighted by Crippen LogP contribution is 2.43. The monoisotopic (exact) mass is 445 g/mol. The van der Waals surface area contributed by atoms with Gasteiger partial charge in [0.15, 0.2) is 11.5 Å². The molecular formula is C29H34FN2O+. The molecule has 0 atom stereocenters. The lowest BCUT2D eigenvalue weighted by Gasteiger charge is -2.20. The molecule has 4 heteroatoms. The Morgan fingerprint density at radius 2 is 1.61 bits per heavy atom. The van der Waals surface area contributed by atoms with E-state index in [1.54, 1.807) is 6.07 Å². The molecular weight excluding hydrogens is 411 g/mol. The van der Waals surface area contributed by atoms with Gasteiger partial charge in [-0.1, -0.05) is 18.9 Å². The number of hydrogen-bond donors (Lipinski definition) is 2. The first-order valence-electron chi connectivity index (χ1n) is 12.3. The van der Waals surface area contributed by atoms with Crippen LogP contribution in [0.15, 0.2) is 36.5 Å². The number of benzene rings is 2. The van der Waals surface area contributed by atoms with Crippen molar-refractivity contribution in [2.24, 2.45) is 11.8 Å². The molecule has 2 aliphatic rings. The molecule has 1 aromatic heterocycles. The molecule has 3 aromatic rings. The summed E-state index contributed by atoms with van der Waals surface area (Å²) >= 11 is 0. The maximum Gasteiger partial charge on any atom is 0.184 e. The van der Waals surface area contributed by atoms with Gasteiger partial charge in [-0.3, -0.25) is 4.98 Å². The summed E-state index contributed by atoms with van der Waals surface area (Å²) in [6.07, 6.45) is 9.44. The Morgan fingerprint density at radius 1 is 0.909 bits per heavy atom. The number of aromatic hydroxyl groups is 1. The Morgan fingerprint density at radius 3 is 2.24 bits per heavy atom. The van der Waals surface area contributed by atoms with E-state index in [4.69, 9.17) is 4.98 Å². The normalized spacial score (nSPS) is 15.8. The summed E-state index contributed by atoms with van der Waals surface area (Å²) in [7, 11) is 0. The second kappa shape index (κ2) is 8.90. The quantitative estimate of drug-likeness (QED) is 0.410. The molecule has 3 N–H and O–H groups in total. The minimum atomic E-state index is -0.225. The molecule has 0 amide bonds. The van der Waals surface area contributed by atoms with Crippen LogP contribution in [0.1, 0.15) is 54.5 Å². The van der Waals surface area contributed by atoms with Gasteiger partial charge in [-0.05, 0) is 98.4 Å². The maximum atomic E-state index is 14.8. The Kier molecular flexibility index (Phi) is 5.96. The largest absolute Gasteiger partial charge is 0.507 e. The van der Waals surface area contributed by atoms with Gasteiger partial charge >= 0.3 is 0 Å². The Bertz CT molecular complexity index is 1150. The highest BCUT2D eigenvalue weighted by Gasteiger charge is 2.25. The fraction of sp³-hybridized carbons (Fsp3) is 0.414. The minimum Gasteiger partial charge on any atom is -0.507 e. The van der Waals surface area contributed by atoms with E-state index in [1.807, 2.05) is 37.5 Å². The van der Waals surface area contributed by atoms with E-state index < -0.39 is 0 Å². The molecule has 1 heterocycles. The van der Waals surface area contributed by atoms with Crippen LogP contribution in [0.4, 0.5) is 10.1 Å². The van der Waals surface area contributed by atoms with Crippen molar-refractivity contribution < 1.29 is 14.8 Å². The number of phenolic OH excluding ortho intramolecular Hbond substituents is 1. The van der Waals surface area contributed by atoms with Crippen LogP contribution >= 0.6 is 0 Å². The van der Waals surface area contributed by atoms with Crippen LogP contribution in [0.25, 0.3) is 22.3 Å². The molecule has 0 aliphatic heterocycles. The second-order valence-electron chi connectivity index (χ2n) is 10.1. The van der Waals surface area contributed by atoms with Crippen molar-refractivity contribution in [2.45, 2.75) is 59.3 Å². The van der Waals surface area contributed by atoms with E-state index in [1.165, 1.54) is 32.1 Å². The van der Waals surface area contributed by atoms with Crippen molar-refractivity contribution >= 4 is 5.69 Å². The number of quaternary nitrogens is 1. The van der Waals surface area contributed by atoms with Crippen molar-refractivity contribution in [3.05, 3.63) is 64.7 Å². The van der Waals surface area contributed by atoms with Crippen molar-refractivity contribution in [3.63, 3.8) is 0 Å². The van der Waals surface area contributed by atoms with Crippen molar-refractivity contribution in [2.75, 3.05) is 6.54 Å². The van der Waals surface area contributed by atoms with Crippen LogP contribution in [0, 0.1) is 38.4 Å². The zero-order valence-electron chi connectivity index (χ0n) is 19.9. The van der Waals surface area contributed by atoms with Crippen LogP contribution in [0.5, 0.6) is 5.75 Å². The van der Waals surface area contributed by atoms with Crippen LogP contribution in [-0.4, -0.2) is 16.6 Å². The summed E-state index contributed by atoms with van der Waals surface area (Å²) in [6.45, 7) is 6.97. The topological polar surface area (TPSA) is 49.7 Å². The first-order valence-corrected chi connectivity index (χ1v) is 12.3. The predicted molar refractivity (Wildman–Crippen MR) is 131 cm³/mol. The van der Waals surface area contributed by atoms with Crippen LogP contribution < -0.4 is 5.32 Å². The van der Waals surface area contributed by atoms with E-state index >= 15 is 0 Å². The molecule has 2 fully saturated rings. The maximum absolute atomic E-state index is 14.8. The highest BCUT2D eigenvalue weighted by atomic mass is 19.1. The Hall–Kier alpha value is -2.72. The van der Waals surface area contributed by atoms with Gasteiger partial charge in [0.05, 0.1) is 6.54 Å². The van der Waals surface area contributed by atoms with E-state index in [2.05, 4.69) is 19.1 Å². The first-order chi connectivity index (χ1) is 15.9. The zero-order valence-corrected chi connectivity index (χ0v) is 19.9. The minimum absolute atomic E-state index is 0.222. The van der Waals surface area contributed by atoms with E-state index in [0.717, 1.165) is 69.4 Å². The summed E-state index contributed by atoms with van der Waals surface area (Å²) in [5.74, 6) is 1.63. The number of nitrogens with zero attached hydrogens (tertiary/aromatic N) is 1. The molecule has 0 saturated heterocycles. The third-order valence-corrected chi connectivity index (χ3v) is 7.56. The van der Waals surface area contributed by atoms with Crippen LogP contribution in [0.3, 0.4) is 0 Å². The molecule has 2 saturated carbocycles. The molecule has 33 heavy (non-hydrogen) atoms. The van der Waals surface area contributed by atoms with Crippen LogP contribution in [-0.2, 0) is 6.42 Å². The number of halogens is 1. The summed E-state index contributed by atoms with van der Waals surface area (Å²) in [5.41, 5.74) is 8.13. The highest BCUT2D eigenvalue weighted by molar-refractivity contribution is 5.85. The number of aromatic nitrogens is 1. The summed E-state index contributed by atoms with van der Waals surface area (Å²) in [5, 5.41) is 13.2. The third kappa shape index (κ3) is 4.67. The molecule has 0 unspecified atom stereocenters. The number of nitrogens with two attached hydrogens (primary N) is 1. The molecule has 2 aromatic carbocycles. The van der Waals surface area contributed by atoms with Gasteiger partial charge in [-0.25, -0.2) is 4.39 Å². The van der Waals surface area contributed by atoms with Gasteiger partial charge in [0.25, 0.3) is 0 Å². The Labute approximate surface area is 196 Å². The van der Waals surface area contributed by atoms with Crippen molar-refractivity contribution in [1.29, 1.82) is 0 Å². The smallest absolute Gasteiger partial charge is 0.184 e. The molecule has 0 bridgehead atoms. The fourth-order valence-corrected chi connectivity index (χ4v) is 4.90. The van der Waals surface area contributed by atoms with E-state index in [9.17, 15) is 9.50 Å². The number of aryl methyl sites for hydroxylation is 1. The van der Waals surface area contributed by atoms with E-state index in [0.29, 0.717) is 5.69 Å². The van der Waals surface area contributed by atoms with E-state index in [-0.39, 0.29) is 11.6 Å². The van der Waals surface area contributed by atoms with Gasteiger partial charge in [0.1, 0.15) is 5.75 Å². The number of hydrogen-bond acceptors (Lipinski definition) is 2. The lowest BCUT2D eigenvalue weighted by Crippen LogP contribution is -2.79. The summed E-state index contributed by atoms with van der Waals surface area (Å²) in [6, 6.07) is 9.57. The average molecular weight is 446 g/mol. The summed E-state index contributed by atoms with van der Waals surface area (Å²) in [4.78, 5) is 4.70. The van der Waals surface area contributed by atoms with Gasteiger partial charge in [-0.15, -0.1) is 0 Å². The lowest BCUT2D eigenvalue weighted by atomic mass is 9.86. The molecule has 0 spiro atoms. The number of phenols is 1. The predicted octanol–water partition coefficient (Wildman–Crippen LogP) is 6.13. The number of pyridine rings is 1. The molecule has 5 rings (SSSR count). The molecule has 2 aliphatic carbocycles. The van der Waals surface area contributed by atoms with Gasteiger partial charge in [-0.2, -0.15) is 0 Å². The summed E-state index contributed by atoms with van der Waals surface area (Å²) < 4.78 is 14.8. The molecule has 0 radical (unpaired) electrons. The average Bonchev–Trinajstić information content (AvgIpc) is 3.72. The van der Waals surface area contributed by atoms with Gasteiger partial charge < -0.3 is 10.4 Å². The Balaban J connectivity index is 1.45. The number of rotatable bonds is 8. The lowest BCUT2D eigenvalue weighted by molar-refractivity contribution is -0.576. The van der Waals surface area contributed by atoms with Crippen molar-refractivity contribution in [3.8, 4) is 28.0 Å². The van der Waals surface area contributed by atoms with Crippen molar-refractivity contribution in [1.82, 2.24) is 4.98 Å². The standard InChI is InChI=1S/C29H33FN2O/c1-17-18(2)28(22-10-13-26(25(30)14-22)32-15-21-6-7-21)29(33)19(3)27(17)23-9-12-24(31-16-23)11-8-20-4-5-20/h9-10,12-14,16,20-21,32-33H,4-8,11,15H2,1-3H3/p+1. The van der Waals surface area contributed by atoms with Crippen LogP contribution in [0.2, 0.25) is 0 Å². The fourth-order valence-electron chi connectivity index (χ4n) is 4.90. The van der Waals surface area contributed by atoms with Gasteiger partial charge in [0.2, 0.25) is 0 Å². The van der Waals surface area contributed by atoms with Gasteiger partial charge in [0, 0.05) is 35.0 Å². The zero-order chi connectivity index (χ0) is 23.1. The first kappa shape index (κ1) is 22.1. The molecule has 172 valence electrons. The third-order valence-electron chi connectivity index (χ3n) is 7.56.